The minimum absolute atomic E-state index is 0.178. The Morgan fingerprint density at radius 3 is 2.93 bits per heavy atom. The molecule has 27 heavy (non-hydrogen) atoms. The molecule has 0 radical (unpaired) electrons. The van der Waals surface area contributed by atoms with E-state index in [1.165, 1.54) is 18.5 Å². The summed E-state index contributed by atoms with van der Waals surface area (Å²) in [4.78, 5) is 14.6. The van der Waals surface area contributed by atoms with Gasteiger partial charge in [0, 0.05) is 25.6 Å². The molecule has 0 spiro atoms. The third kappa shape index (κ3) is 4.20. The van der Waals surface area contributed by atoms with Crippen LogP contribution >= 0.6 is 0 Å². The zero-order valence-electron chi connectivity index (χ0n) is 15.5. The minimum Gasteiger partial charge on any atom is -0.350 e. The van der Waals surface area contributed by atoms with Crippen molar-refractivity contribution in [3.63, 3.8) is 0 Å². The van der Waals surface area contributed by atoms with Gasteiger partial charge in [0.25, 0.3) is 0 Å². The van der Waals surface area contributed by atoms with E-state index in [4.69, 9.17) is 5.26 Å². The quantitative estimate of drug-likeness (QED) is 0.886. The van der Waals surface area contributed by atoms with Gasteiger partial charge in [0.1, 0.15) is 0 Å². The normalized spacial score (nSPS) is 17.4. The maximum atomic E-state index is 12.2. The standard InChI is InChI=1S/C21H25N5O/c22-12-16-4-3-5-17(10-16)14-25-8-9-26-20(15-25)11-19(24-26)13-23-21(27)18-6-1-2-7-18/h3-5,10-11,18H,1-2,6-9,13-15H2,(H,23,27). The minimum atomic E-state index is 0.178. The van der Waals surface area contributed by atoms with E-state index in [1.807, 2.05) is 18.2 Å². The first kappa shape index (κ1) is 17.7. The molecule has 2 heterocycles. The lowest BCUT2D eigenvalue weighted by Crippen LogP contribution is -2.33. The second-order valence-corrected chi connectivity index (χ2v) is 7.57. The van der Waals surface area contributed by atoms with Gasteiger partial charge in [-0.15, -0.1) is 0 Å². The molecule has 1 saturated carbocycles. The summed E-state index contributed by atoms with van der Waals surface area (Å²) in [5.41, 5.74) is 3.98. The molecule has 1 aliphatic heterocycles. The molecule has 6 nitrogen and oxygen atoms in total. The second-order valence-electron chi connectivity index (χ2n) is 7.57. The molecule has 0 saturated heterocycles. The highest BCUT2D eigenvalue weighted by Gasteiger charge is 2.23. The summed E-state index contributed by atoms with van der Waals surface area (Å²) in [6.45, 7) is 3.96. The Hall–Kier alpha value is -2.65. The van der Waals surface area contributed by atoms with E-state index in [0.717, 1.165) is 50.3 Å². The molecule has 1 aliphatic carbocycles. The van der Waals surface area contributed by atoms with Crippen molar-refractivity contribution < 1.29 is 4.79 Å². The van der Waals surface area contributed by atoms with Crippen LogP contribution in [0.1, 0.15) is 48.2 Å². The molecular formula is C21H25N5O. The number of nitrogens with one attached hydrogen (secondary N) is 1. The number of carbonyl (C=O) groups is 1. The van der Waals surface area contributed by atoms with E-state index in [0.29, 0.717) is 12.1 Å². The highest BCUT2D eigenvalue weighted by atomic mass is 16.1. The molecule has 4 rings (SSSR count). The number of nitriles is 1. The van der Waals surface area contributed by atoms with Gasteiger partial charge in [-0.1, -0.05) is 25.0 Å². The van der Waals surface area contributed by atoms with Gasteiger partial charge in [-0.2, -0.15) is 10.4 Å². The number of carbonyl (C=O) groups excluding carboxylic acids is 1. The molecule has 1 aromatic heterocycles. The third-order valence-corrected chi connectivity index (χ3v) is 5.56. The Morgan fingerprint density at radius 2 is 2.11 bits per heavy atom. The molecule has 2 aliphatic rings. The van der Waals surface area contributed by atoms with Crippen LogP contribution in [0.2, 0.25) is 0 Å². The van der Waals surface area contributed by atoms with E-state index >= 15 is 0 Å². The van der Waals surface area contributed by atoms with Crippen LogP contribution in [0.4, 0.5) is 0 Å². The van der Waals surface area contributed by atoms with Crippen LogP contribution in [0.3, 0.4) is 0 Å². The van der Waals surface area contributed by atoms with Gasteiger partial charge >= 0.3 is 0 Å². The number of rotatable bonds is 5. The summed E-state index contributed by atoms with van der Waals surface area (Å²) in [7, 11) is 0. The van der Waals surface area contributed by atoms with Gasteiger partial charge in [0.2, 0.25) is 5.91 Å². The largest absolute Gasteiger partial charge is 0.350 e. The van der Waals surface area contributed by atoms with Gasteiger partial charge in [0.15, 0.2) is 0 Å². The van der Waals surface area contributed by atoms with Crippen LogP contribution in [-0.2, 0) is 31.0 Å². The lowest BCUT2D eigenvalue weighted by Gasteiger charge is -2.27. The van der Waals surface area contributed by atoms with Crippen LogP contribution < -0.4 is 5.32 Å². The fourth-order valence-electron chi connectivity index (χ4n) is 4.11. The molecule has 140 valence electrons. The first-order chi connectivity index (χ1) is 13.2. The molecule has 0 atom stereocenters. The van der Waals surface area contributed by atoms with Gasteiger partial charge in [0.05, 0.1) is 36.1 Å². The number of benzene rings is 1. The molecule has 1 aromatic carbocycles. The number of hydrogen-bond donors (Lipinski definition) is 1. The first-order valence-corrected chi connectivity index (χ1v) is 9.76. The van der Waals surface area contributed by atoms with E-state index in [-0.39, 0.29) is 11.8 Å². The van der Waals surface area contributed by atoms with E-state index in [9.17, 15) is 4.79 Å². The van der Waals surface area contributed by atoms with Gasteiger partial charge in [-0.25, -0.2) is 0 Å². The molecule has 2 aromatic rings. The van der Waals surface area contributed by atoms with Crippen molar-refractivity contribution in [1.29, 1.82) is 5.26 Å². The lowest BCUT2D eigenvalue weighted by molar-refractivity contribution is -0.124. The van der Waals surface area contributed by atoms with Crippen molar-refractivity contribution in [1.82, 2.24) is 20.0 Å². The van der Waals surface area contributed by atoms with Crippen LogP contribution in [0.5, 0.6) is 0 Å². The van der Waals surface area contributed by atoms with E-state index in [1.54, 1.807) is 0 Å². The fraction of sp³-hybridized carbons (Fsp3) is 0.476. The van der Waals surface area contributed by atoms with Crippen LogP contribution in [0, 0.1) is 17.2 Å². The summed E-state index contributed by atoms with van der Waals surface area (Å²) in [5, 5.41) is 16.8. The summed E-state index contributed by atoms with van der Waals surface area (Å²) < 4.78 is 2.05. The number of fused-ring (bicyclic) bond motifs is 1. The van der Waals surface area contributed by atoms with Gasteiger partial charge in [-0.3, -0.25) is 14.4 Å². The van der Waals surface area contributed by atoms with Crippen molar-refractivity contribution in [3.8, 4) is 6.07 Å². The zero-order valence-corrected chi connectivity index (χ0v) is 15.5. The number of nitrogens with zero attached hydrogens (tertiary/aromatic N) is 4. The highest BCUT2D eigenvalue weighted by Crippen LogP contribution is 2.24. The molecule has 1 N–H and O–H groups in total. The predicted molar refractivity (Wildman–Crippen MR) is 101 cm³/mol. The van der Waals surface area contributed by atoms with Crippen molar-refractivity contribution in [3.05, 3.63) is 52.8 Å². The number of amides is 1. The van der Waals surface area contributed by atoms with Crippen molar-refractivity contribution >= 4 is 5.91 Å². The Kier molecular flexibility index (Phi) is 5.21. The Labute approximate surface area is 159 Å². The number of aromatic nitrogens is 2. The maximum Gasteiger partial charge on any atom is 0.223 e. The monoisotopic (exact) mass is 363 g/mol. The summed E-state index contributed by atoms with van der Waals surface area (Å²) >= 11 is 0. The Morgan fingerprint density at radius 1 is 1.26 bits per heavy atom. The second kappa shape index (κ2) is 7.93. The molecule has 0 bridgehead atoms. The summed E-state index contributed by atoms with van der Waals surface area (Å²) in [6, 6.07) is 12.1. The summed E-state index contributed by atoms with van der Waals surface area (Å²) in [5.74, 6) is 0.374. The molecule has 1 amide bonds. The maximum absolute atomic E-state index is 12.2. The predicted octanol–water partition coefficient (Wildman–Crippen LogP) is 2.58. The van der Waals surface area contributed by atoms with Crippen molar-refractivity contribution in [2.45, 2.75) is 51.9 Å². The van der Waals surface area contributed by atoms with Crippen LogP contribution in [-0.4, -0.2) is 27.1 Å². The van der Waals surface area contributed by atoms with Crippen molar-refractivity contribution in [2.75, 3.05) is 6.54 Å². The molecule has 0 unspecified atom stereocenters. The molecule has 1 fully saturated rings. The van der Waals surface area contributed by atoms with Crippen LogP contribution in [0.25, 0.3) is 0 Å². The topological polar surface area (TPSA) is 74.0 Å². The Bertz CT molecular complexity index is 860. The zero-order chi connectivity index (χ0) is 18.6. The Balaban J connectivity index is 1.34. The molecule has 6 heteroatoms. The molecular weight excluding hydrogens is 338 g/mol. The van der Waals surface area contributed by atoms with Crippen LogP contribution in [0.15, 0.2) is 30.3 Å². The van der Waals surface area contributed by atoms with Gasteiger partial charge < -0.3 is 5.32 Å². The summed E-state index contributed by atoms with van der Waals surface area (Å²) in [6.07, 6.45) is 4.38. The van der Waals surface area contributed by atoms with Crippen molar-refractivity contribution in [2.24, 2.45) is 5.92 Å². The average molecular weight is 363 g/mol. The van der Waals surface area contributed by atoms with E-state index in [2.05, 4.69) is 38.2 Å². The lowest BCUT2D eigenvalue weighted by atomic mass is 10.1. The SMILES string of the molecule is N#Cc1cccc(CN2CCn3nc(CNC(=O)C4CCCC4)cc3C2)c1. The number of hydrogen-bond acceptors (Lipinski definition) is 4. The fourth-order valence-corrected chi connectivity index (χ4v) is 4.11. The first-order valence-electron chi connectivity index (χ1n) is 9.76. The average Bonchev–Trinajstić information content (AvgIpc) is 3.35. The van der Waals surface area contributed by atoms with E-state index < -0.39 is 0 Å². The smallest absolute Gasteiger partial charge is 0.223 e. The third-order valence-electron chi connectivity index (χ3n) is 5.56. The highest BCUT2D eigenvalue weighted by molar-refractivity contribution is 5.78. The van der Waals surface area contributed by atoms with Gasteiger partial charge in [-0.05, 0) is 36.6 Å².